The molecule has 32 heavy (non-hydrogen) atoms. The molecule has 0 bridgehead atoms. The van der Waals surface area contributed by atoms with Crippen molar-refractivity contribution in [3.8, 4) is 0 Å². The lowest BCUT2D eigenvalue weighted by atomic mass is 9.92. The molecule has 0 radical (unpaired) electrons. The summed E-state index contributed by atoms with van der Waals surface area (Å²) in [4.78, 5) is 16.8. The van der Waals surface area contributed by atoms with E-state index in [4.69, 9.17) is 14.6 Å². The first-order valence-electron chi connectivity index (χ1n) is 12.6. The van der Waals surface area contributed by atoms with Crippen LogP contribution in [0.25, 0.3) is 0 Å². The van der Waals surface area contributed by atoms with E-state index in [9.17, 15) is 4.79 Å². The van der Waals surface area contributed by atoms with Crippen LogP contribution in [-0.2, 0) is 16.1 Å². The van der Waals surface area contributed by atoms with E-state index in [1.165, 1.54) is 19.3 Å². The normalized spacial score (nSPS) is 18.6. The zero-order valence-corrected chi connectivity index (χ0v) is 20.2. The Balaban J connectivity index is 1.56. The van der Waals surface area contributed by atoms with Gasteiger partial charge in [-0.2, -0.15) is 0 Å². The van der Waals surface area contributed by atoms with E-state index in [1.807, 2.05) is 42.2 Å². The molecule has 0 spiro atoms. The molecule has 1 fully saturated rings. The molecule has 1 aliphatic carbocycles. The van der Waals surface area contributed by atoms with Crippen LogP contribution in [0.5, 0.6) is 0 Å². The molecule has 1 aromatic rings. The van der Waals surface area contributed by atoms with Gasteiger partial charge >= 0.3 is 6.09 Å². The van der Waals surface area contributed by atoms with Crippen LogP contribution in [0, 0.1) is 0 Å². The first kappa shape index (κ1) is 26.6. The molecule has 182 valence electrons. The van der Waals surface area contributed by atoms with Crippen LogP contribution >= 0.6 is 0 Å². The molecule has 2 rings (SSSR count). The third-order valence-electron chi connectivity index (χ3n) is 6.45. The number of carbonyl (C=O) groups excluding carboxylic acids is 1. The zero-order chi connectivity index (χ0) is 23.0. The second-order valence-corrected chi connectivity index (χ2v) is 8.70. The van der Waals surface area contributed by atoms with Gasteiger partial charge in [-0.3, -0.25) is 0 Å². The van der Waals surface area contributed by atoms with Gasteiger partial charge in [-0.1, -0.05) is 50.1 Å². The van der Waals surface area contributed by atoms with Crippen LogP contribution in [0.1, 0.15) is 70.8 Å². The number of benzene rings is 1. The van der Waals surface area contributed by atoms with Crippen molar-refractivity contribution in [1.29, 1.82) is 0 Å². The fourth-order valence-corrected chi connectivity index (χ4v) is 4.47. The summed E-state index contributed by atoms with van der Waals surface area (Å²) in [6.07, 6.45) is 8.82. The molecule has 0 atom stereocenters. The molecule has 0 aromatic heterocycles. The van der Waals surface area contributed by atoms with Crippen molar-refractivity contribution in [2.45, 2.75) is 84.0 Å². The second kappa shape index (κ2) is 16.1. The van der Waals surface area contributed by atoms with Crippen molar-refractivity contribution < 1.29 is 19.4 Å². The summed E-state index contributed by atoms with van der Waals surface area (Å²) in [5.74, 6) is 0. The summed E-state index contributed by atoms with van der Waals surface area (Å²) >= 11 is 0. The minimum Gasteiger partial charge on any atom is -0.445 e. The molecular weight excluding hydrogens is 404 g/mol. The van der Waals surface area contributed by atoms with E-state index in [0.29, 0.717) is 19.3 Å². The number of aliphatic hydroxyl groups is 1. The standard InChI is InChI=1S/C26H44N2O4/c1-3-27(19-20-29)18-10-5-6-11-21-31-25-16-14-24(15-17-25)28(4-2)26(30)32-22-23-12-8-7-9-13-23/h7-9,12-13,24-25,29H,3-6,10-11,14-22H2,1-2H3/t24-,25-. The van der Waals surface area contributed by atoms with E-state index >= 15 is 0 Å². The Morgan fingerprint density at radius 3 is 2.34 bits per heavy atom. The van der Waals surface area contributed by atoms with E-state index in [0.717, 1.165) is 63.9 Å². The monoisotopic (exact) mass is 448 g/mol. The number of carbonyl (C=O) groups is 1. The fourth-order valence-electron chi connectivity index (χ4n) is 4.47. The minimum absolute atomic E-state index is 0.207. The topological polar surface area (TPSA) is 62.2 Å². The highest BCUT2D eigenvalue weighted by Crippen LogP contribution is 2.26. The maximum Gasteiger partial charge on any atom is 0.410 e. The Kier molecular flexibility index (Phi) is 13.4. The van der Waals surface area contributed by atoms with Gasteiger partial charge in [0.1, 0.15) is 6.61 Å². The van der Waals surface area contributed by atoms with Gasteiger partial charge < -0.3 is 24.4 Å². The number of rotatable bonds is 15. The summed E-state index contributed by atoms with van der Waals surface area (Å²) in [6, 6.07) is 10.1. The third kappa shape index (κ3) is 9.88. The lowest BCUT2D eigenvalue weighted by Gasteiger charge is -2.35. The molecule has 0 aliphatic heterocycles. The van der Waals surface area contributed by atoms with E-state index in [1.54, 1.807) is 0 Å². The zero-order valence-electron chi connectivity index (χ0n) is 20.2. The Morgan fingerprint density at radius 2 is 1.69 bits per heavy atom. The molecule has 1 aromatic carbocycles. The van der Waals surface area contributed by atoms with Crippen molar-refractivity contribution >= 4 is 6.09 Å². The maximum absolute atomic E-state index is 12.6. The molecule has 1 amide bonds. The average molecular weight is 449 g/mol. The predicted molar refractivity (Wildman–Crippen MR) is 129 cm³/mol. The molecule has 1 saturated carbocycles. The lowest BCUT2D eigenvalue weighted by molar-refractivity contribution is 0.00401. The second-order valence-electron chi connectivity index (χ2n) is 8.70. The summed E-state index contributed by atoms with van der Waals surface area (Å²) in [7, 11) is 0. The number of likely N-dealkylation sites (N-methyl/N-ethyl adjacent to an activating group) is 1. The summed E-state index contributed by atoms with van der Waals surface area (Å²) in [5, 5.41) is 9.04. The van der Waals surface area contributed by atoms with Gasteiger partial charge in [-0.25, -0.2) is 4.79 Å². The van der Waals surface area contributed by atoms with Crippen molar-refractivity contribution in [3.63, 3.8) is 0 Å². The molecule has 6 nitrogen and oxygen atoms in total. The highest BCUT2D eigenvalue weighted by Gasteiger charge is 2.29. The molecule has 0 heterocycles. The van der Waals surface area contributed by atoms with E-state index < -0.39 is 0 Å². The Labute approximate surface area is 194 Å². The molecule has 6 heteroatoms. The van der Waals surface area contributed by atoms with Gasteiger partial charge in [-0.15, -0.1) is 0 Å². The van der Waals surface area contributed by atoms with Crippen LogP contribution < -0.4 is 0 Å². The van der Waals surface area contributed by atoms with Gasteiger partial charge in [0.05, 0.1) is 12.7 Å². The highest BCUT2D eigenvalue weighted by molar-refractivity contribution is 5.68. The SMILES string of the molecule is CCN(CCO)CCCCCCO[C@H]1CC[C@H](N(CC)C(=O)OCc2ccccc2)CC1. The van der Waals surface area contributed by atoms with E-state index in [-0.39, 0.29) is 18.7 Å². The fraction of sp³-hybridized carbons (Fsp3) is 0.731. The smallest absolute Gasteiger partial charge is 0.410 e. The average Bonchev–Trinajstić information content (AvgIpc) is 2.83. The van der Waals surface area contributed by atoms with Crippen LogP contribution in [0.2, 0.25) is 0 Å². The summed E-state index contributed by atoms with van der Waals surface area (Å²) in [5.41, 5.74) is 1.02. The molecule has 1 N–H and O–H groups in total. The number of amides is 1. The Morgan fingerprint density at radius 1 is 0.969 bits per heavy atom. The van der Waals surface area contributed by atoms with Crippen molar-refractivity contribution in [3.05, 3.63) is 35.9 Å². The number of hydrogen-bond acceptors (Lipinski definition) is 5. The highest BCUT2D eigenvalue weighted by atomic mass is 16.6. The van der Waals surface area contributed by atoms with Crippen molar-refractivity contribution in [2.75, 3.05) is 39.4 Å². The van der Waals surface area contributed by atoms with Gasteiger partial charge in [0.2, 0.25) is 0 Å². The summed E-state index contributed by atoms with van der Waals surface area (Å²) in [6.45, 7) is 9.11. The predicted octanol–water partition coefficient (Wildman–Crippen LogP) is 4.85. The first-order valence-corrected chi connectivity index (χ1v) is 12.6. The maximum atomic E-state index is 12.6. The minimum atomic E-state index is -0.207. The largest absolute Gasteiger partial charge is 0.445 e. The first-order chi connectivity index (χ1) is 15.7. The molecule has 0 saturated heterocycles. The van der Waals surface area contributed by atoms with Crippen LogP contribution in [0.3, 0.4) is 0 Å². The number of unbranched alkanes of at least 4 members (excludes halogenated alkanes) is 3. The van der Waals surface area contributed by atoms with Gasteiger partial charge in [-0.05, 0) is 64.1 Å². The lowest BCUT2D eigenvalue weighted by Crippen LogP contribution is -2.43. The van der Waals surface area contributed by atoms with Crippen LogP contribution in [0.15, 0.2) is 30.3 Å². The van der Waals surface area contributed by atoms with Gasteiger partial charge in [0.25, 0.3) is 0 Å². The van der Waals surface area contributed by atoms with Gasteiger partial charge in [0.15, 0.2) is 0 Å². The Bertz CT molecular complexity index is 605. The number of hydrogen-bond donors (Lipinski definition) is 1. The Hall–Kier alpha value is -1.63. The van der Waals surface area contributed by atoms with Crippen molar-refractivity contribution in [2.24, 2.45) is 0 Å². The van der Waals surface area contributed by atoms with Crippen LogP contribution in [0.4, 0.5) is 4.79 Å². The third-order valence-corrected chi connectivity index (χ3v) is 6.45. The molecular formula is C26H44N2O4. The van der Waals surface area contributed by atoms with Crippen LogP contribution in [-0.4, -0.2) is 72.5 Å². The van der Waals surface area contributed by atoms with Crippen molar-refractivity contribution in [1.82, 2.24) is 9.80 Å². The van der Waals surface area contributed by atoms with E-state index in [2.05, 4.69) is 11.8 Å². The van der Waals surface area contributed by atoms with Gasteiger partial charge in [0, 0.05) is 25.7 Å². The number of nitrogens with zero attached hydrogens (tertiary/aromatic N) is 2. The quantitative estimate of drug-likeness (QED) is 0.389. The number of ether oxygens (including phenoxy) is 2. The number of aliphatic hydroxyl groups excluding tert-OH is 1. The molecule has 1 aliphatic rings. The molecule has 0 unspecified atom stereocenters. The summed E-state index contributed by atoms with van der Waals surface area (Å²) < 4.78 is 11.7.